The van der Waals surface area contributed by atoms with Crippen LogP contribution in [0.5, 0.6) is 0 Å². The number of hydrogen-bond acceptors (Lipinski definition) is 5. The Morgan fingerprint density at radius 2 is 1.63 bits per heavy atom. The van der Waals surface area contributed by atoms with Crippen molar-refractivity contribution < 1.29 is 19.5 Å². The molecule has 0 fully saturated rings. The number of rotatable bonds is 12. The maximum atomic E-state index is 12.6. The summed E-state index contributed by atoms with van der Waals surface area (Å²) in [5.74, 6) is 0.0406. The highest BCUT2D eigenvalue weighted by Gasteiger charge is 2.19. The van der Waals surface area contributed by atoms with E-state index in [1.807, 2.05) is 49.4 Å². The van der Waals surface area contributed by atoms with E-state index in [-0.39, 0.29) is 24.7 Å². The maximum absolute atomic E-state index is 12.6. The second kappa shape index (κ2) is 13.0. The van der Waals surface area contributed by atoms with Crippen molar-refractivity contribution in [2.45, 2.75) is 25.8 Å². The number of hydrogen-bond donors (Lipinski definition) is 3. The second-order valence-corrected chi connectivity index (χ2v) is 9.35. The predicted octanol–water partition coefficient (Wildman–Crippen LogP) is 3.83. The van der Waals surface area contributed by atoms with Gasteiger partial charge in [0.1, 0.15) is 0 Å². The number of carboxylic acid groups (broad SMARTS) is 1. The van der Waals surface area contributed by atoms with E-state index in [4.69, 9.17) is 5.11 Å². The van der Waals surface area contributed by atoms with Gasteiger partial charge >= 0.3 is 5.97 Å². The van der Waals surface area contributed by atoms with Gasteiger partial charge in [-0.15, -0.1) is 0 Å². The summed E-state index contributed by atoms with van der Waals surface area (Å²) in [5.41, 5.74) is 2.49. The molecule has 0 aliphatic rings. The summed E-state index contributed by atoms with van der Waals surface area (Å²) in [7, 11) is 3.01. The fourth-order valence-electron chi connectivity index (χ4n) is 2.62. The third-order valence-corrected chi connectivity index (χ3v) is 6.61. The molecule has 0 heterocycles. The van der Waals surface area contributed by atoms with Gasteiger partial charge in [0.05, 0.1) is 18.9 Å². The number of nitrogens with one attached hydrogen (secondary N) is 2. The summed E-state index contributed by atoms with van der Waals surface area (Å²) < 4.78 is 0. The van der Waals surface area contributed by atoms with Crippen LogP contribution in [0.4, 0.5) is 0 Å². The molecule has 2 amide bonds. The Labute approximate surface area is 184 Å². The van der Waals surface area contributed by atoms with Crippen LogP contribution in [0, 0.1) is 6.92 Å². The van der Waals surface area contributed by atoms with E-state index >= 15 is 0 Å². The lowest BCUT2D eigenvalue weighted by molar-refractivity contribution is -0.136. The Morgan fingerprint density at radius 3 is 2.30 bits per heavy atom. The van der Waals surface area contributed by atoms with Gasteiger partial charge in [0.2, 0.25) is 5.91 Å². The van der Waals surface area contributed by atoms with Crippen molar-refractivity contribution in [2.75, 3.05) is 18.1 Å². The van der Waals surface area contributed by atoms with Gasteiger partial charge in [-0.1, -0.05) is 69.6 Å². The summed E-state index contributed by atoms with van der Waals surface area (Å²) in [5, 5.41) is 14.4. The zero-order chi connectivity index (χ0) is 21.8. The average molecular weight is 447 g/mol. The van der Waals surface area contributed by atoms with Crippen LogP contribution in [0.15, 0.2) is 54.6 Å². The molecule has 6 nitrogen and oxygen atoms in total. The first kappa shape index (κ1) is 23.8. The lowest BCUT2D eigenvalue weighted by Gasteiger charge is -2.19. The van der Waals surface area contributed by atoms with Crippen LogP contribution in [0.2, 0.25) is 0 Å². The Hall–Kier alpha value is -2.45. The summed E-state index contributed by atoms with van der Waals surface area (Å²) in [6.07, 6.45) is 0.266. The molecule has 2 aromatic rings. The van der Waals surface area contributed by atoms with Gasteiger partial charge in [-0.05, 0) is 24.6 Å². The van der Waals surface area contributed by atoms with Crippen molar-refractivity contribution in [3.63, 3.8) is 0 Å². The number of aliphatic carboxylic acids is 1. The van der Waals surface area contributed by atoms with Crippen LogP contribution < -0.4 is 10.6 Å². The second-order valence-electron chi connectivity index (χ2n) is 6.64. The van der Waals surface area contributed by atoms with E-state index in [1.165, 1.54) is 21.6 Å². The van der Waals surface area contributed by atoms with Gasteiger partial charge in [-0.25, -0.2) is 0 Å². The molecule has 3 N–H and O–H groups in total. The molecular formula is C22H26N2O4S2. The summed E-state index contributed by atoms with van der Waals surface area (Å²) in [6.45, 7) is 2.44. The van der Waals surface area contributed by atoms with Crippen molar-refractivity contribution in [1.82, 2.24) is 10.6 Å². The average Bonchev–Trinajstić information content (AvgIpc) is 2.73. The molecule has 2 rings (SSSR count). The number of carbonyl (C=O) groups is 3. The lowest BCUT2D eigenvalue weighted by Crippen LogP contribution is -2.34. The Balaban J connectivity index is 1.86. The fraction of sp³-hybridized carbons (Fsp3) is 0.318. The van der Waals surface area contributed by atoms with Crippen molar-refractivity contribution >= 4 is 39.4 Å². The third kappa shape index (κ3) is 8.92. The number of amides is 2. The van der Waals surface area contributed by atoms with Crippen LogP contribution in [-0.4, -0.2) is 40.9 Å². The number of benzene rings is 2. The molecule has 0 saturated heterocycles. The molecule has 8 heteroatoms. The summed E-state index contributed by atoms with van der Waals surface area (Å²) >= 11 is 0. The zero-order valence-electron chi connectivity index (χ0n) is 16.8. The first-order chi connectivity index (χ1) is 14.5. The van der Waals surface area contributed by atoms with Gasteiger partial charge in [0, 0.05) is 23.6 Å². The molecule has 0 radical (unpaired) electrons. The molecule has 0 spiro atoms. The van der Waals surface area contributed by atoms with Gasteiger partial charge in [0.15, 0.2) is 0 Å². The van der Waals surface area contributed by atoms with Crippen molar-refractivity contribution in [2.24, 2.45) is 0 Å². The normalized spacial score (nSPS) is 11.5. The Kier molecular flexibility index (Phi) is 10.3. The highest BCUT2D eigenvalue weighted by Crippen LogP contribution is 2.21. The molecule has 1 atom stereocenters. The number of carbonyl (C=O) groups excluding carboxylic acids is 2. The van der Waals surface area contributed by atoms with Crippen molar-refractivity contribution in [3.8, 4) is 0 Å². The van der Waals surface area contributed by atoms with E-state index in [2.05, 4.69) is 10.6 Å². The van der Waals surface area contributed by atoms with Gasteiger partial charge in [0.25, 0.3) is 5.91 Å². The van der Waals surface area contributed by atoms with E-state index in [0.717, 1.165) is 11.1 Å². The number of aryl methyl sites for hydroxylation is 1. The molecule has 30 heavy (non-hydrogen) atoms. The largest absolute Gasteiger partial charge is 0.481 e. The molecule has 0 saturated carbocycles. The number of carboxylic acids is 1. The maximum Gasteiger partial charge on any atom is 0.304 e. The van der Waals surface area contributed by atoms with Gasteiger partial charge in [-0.3, -0.25) is 14.4 Å². The van der Waals surface area contributed by atoms with Crippen LogP contribution in [0.3, 0.4) is 0 Å². The predicted molar refractivity (Wildman–Crippen MR) is 123 cm³/mol. The fourth-order valence-corrected chi connectivity index (χ4v) is 4.51. The van der Waals surface area contributed by atoms with E-state index < -0.39 is 12.0 Å². The lowest BCUT2D eigenvalue weighted by atomic mass is 10.0. The minimum atomic E-state index is -0.809. The standard InChI is InChI=1S/C22H26N2O4S2/c1-16-7-9-18(10-8-16)22(28)24-19(17-5-3-2-4-6-17)15-20(25)23-12-14-30-29-13-11-21(26)27/h2-10,19H,11-15H2,1H3,(H,23,25)(H,24,28)(H,26,27). The Morgan fingerprint density at radius 1 is 0.967 bits per heavy atom. The Bertz CT molecular complexity index is 829. The third-order valence-electron chi connectivity index (χ3n) is 4.20. The highest BCUT2D eigenvalue weighted by atomic mass is 33.1. The minimum absolute atomic E-state index is 0.128. The molecule has 0 aliphatic carbocycles. The molecule has 2 aromatic carbocycles. The van der Waals surface area contributed by atoms with Crippen molar-refractivity contribution in [3.05, 3.63) is 71.3 Å². The molecule has 0 aliphatic heterocycles. The van der Waals surface area contributed by atoms with E-state index in [9.17, 15) is 14.4 Å². The van der Waals surface area contributed by atoms with E-state index in [0.29, 0.717) is 23.6 Å². The first-order valence-corrected chi connectivity index (χ1v) is 12.1. The summed E-state index contributed by atoms with van der Waals surface area (Å²) in [4.78, 5) is 35.5. The molecule has 1 unspecified atom stereocenters. The molecule has 0 bridgehead atoms. The molecule has 160 valence electrons. The summed E-state index contributed by atoms with van der Waals surface area (Å²) in [6, 6.07) is 16.3. The molecular weight excluding hydrogens is 420 g/mol. The molecule has 0 aromatic heterocycles. The van der Waals surface area contributed by atoms with Crippen LogP contribution >= 0.6 is 21.6 Å². The quantitative estimate of drug-likeness (QED) is 0.339. The van der Waals surface area contributed by atoms with Gasteiger partial charge in [-0.2, -0.15) is 0 Å². The van der Waals surface area contributed by atoms with Crippen LogP contribution in [0.25, 0.3) is 0 Å². The minimum Gasteiger partial charge on any atom is -0.481 e. The first-order valence-electron chi connectivity index (χ1n) is 9.61. The zero-order valence-corrected chi connectivity index (χ0v) is 18.4. The topological polar surface area (TPSA) is 95.5 Å². The smallest absolute Gasteiger partial charge is 0.304 e. The van der Waals surface area contributed by atoms with Crippen LogP contribution in [-0.2, 0) is 9.59 Å². The monoisotopic (exact) mass is 446 g/mol. The SMILES string of the molecule is Cc1ccc(C(=O)NC(CC(=O)NCCSSCCC(=O)O)c2ccccc2)cc1. The van der Waals surface area contributed by atoms with Gasteiger partial charge < -0.3 is 15.7 Å². The highest BCUT2D eigenvalue weighted by molar-refractivity contribution is 8.76. The van der Waals surface area contributed by atoms with E-state index in [1.54, 1.807) is 12.1 Å². The van der Waals surface area contributed by atoms with Crippen molar-refractivity contribution in [1.29, 1.82) is 0 Å². The van der Waals surface area contributed by atoms with Crippen LogP contribution in [0.1, 0.15) is 40.4 Å².